The fourth-order valence-electron chi connectivity index (χ4n) is 3.69. The topological polar surface area (TPSA) is 125 Å². The lowest BCUT2D eigenvalue weighted by Gasteiger charge is -2.26. The second kappa shape index (κ2) is 8.66. The molecule has 0 saturated carbocycles. The van der Waals surface area contributed by atoms with Gasteiger partial charge in [0.25, 0.3) is 5.69 Å². The number of nitro benzene ring substituents is 1. The molecule has 0 aliphatic carbocycles. The van der Waals surface area contributed by atoms with Gasteiger partial charge < -0.3 is 19.3 Å². The maximum Gasteiger partial charge on any atom is 0.331 e. The van der Waals surface area contributed by atoms with Crippen molar-refractivity contribution in [3.63, 3.8) is 0 Å². The van der Waals surface area contributed by atoms with Crippen molar-refractivity contribution in [2.24, 2.45) is 0 Å². The summed E-state index contributed by atoms with van der Waals surface area (Å²) in [5, 5.41) is 21.4. The molecule has 2 saturated heterocycles. The Morgan fingerprint density at radius 3 is 2.55 bits per heavy atom. The lowest BCUT2D eigenvalue weighted by molar-refractivity contribution is -0.384. The molecule has 0 spiro atoms. The molecule has 1 N–H and O–H groups in total. The molecular weight excluding hydrogens is 406 g/mol. The van der Waals surface area contributed by atoms with E-state index in [9.17, 15) is 24.8 Å². The van der Waals surface area contributed by atoms with Gasteiger partial charge in [0.05, 0.1) is 11.3 Å². The minimum atomic E-state index is -1.15. The van der Waals surface area contributed by atoms with E-state index >= 15 is 0 Å². The Morgan fingerprint density at radius 2 is 1.90 bits per heavy atom. The molecule has 9 nitrogen and oxygen atoms in total. The van der Waals surface area contributed by atoms with E-state index in [-0.39, 0.29) is 12.1 Å². The van der Waals surface area contributed by atoms with Gasteiger partial charge in [-0.25, -0.2) is 4.79 Å². The molecule has 2 heterocycles. The minimum absolute atomic E-state index is 0.0354. The maximum absolute atomic E-state index is 12.5. The number of benzene rings is 2. The summed E-state index contributed by atoms with van der Waals surface area (Å²) in [4.78, 5) is 34.2. The van der Waals surface area contributed by atoms with Gasteiger partial charge in [-0.3, -0.25) is 14.9 Å². The van der Waals surface area contributed by atoms with E-state index in [0.29, 0.717) is 11.1 Å². The monoisotopic (exact) mass is 425 g/mol. The summed E-state index contributed by atoms with van der Waals surface area (Å²) in [6.07, 6.45) is -1.65. The molecule has 0 amide bonds. The Labute approximate surface area is 177 Å². The summed E-state index contributed by atoms with van der Waals surface area (Å²) in [6.45, 7) is 0. The van der Waals surface area contributed by atoms with Crippen molar-refractivity contribution in [3.05, 3.63) is 81.9 Å². The average molecular weight is 425 g/mol. The summed E-state index contributed by atoms with van der Waals surface area (Å²) in [6, 6.07) is 14.5. The molecule has 0 aromatic heterocycles. The molecule has 31 heavy (non-hydrogen) atoms. The van der Waals surface area contributed by atoms with Crippen molar-refractivity contribution >= 4 is 23.7 Å². The highest BCUT2D eigenvalue weighted by atomic mass is 16.6. The first-order valence-corrected chi connectivity index (χ1v) is 9.63. The van der Waals surface area contributed by atoms with Gasteiger partial charge in [-0.1, -0.05) is 30.3 Å². The van der Waals surface area contributed by atoms with Crippen LogP contribution in [0.4, 0.5) is 5.69 Å². The van der Waals surface area contributed by atoms with Crippen LogP contribution in [0.2, 0.25) is 0 Å². The van der Waals surface area contributed by atoms with Crippen LogP contribution in [0.3, 0.4) is 0 Å². The molecule has 2 aromatic carbocycles. The van der Waals surface area contributed by atoms with E-state index in [1.807, 2.05) is 0 Å². The standard InChI is InChI=1S/C22H19NO8/c24-17(11-8-13-6-9-15(10-7-13)23(27)28)30-20(14-4-2-1-3-5-14)22-19(26)21-16(29-22)12-18(25)31-21/h1-11,16,19-22,26H,12H2/b11-8+/t16-,19-,20-,21+,22+/m1/s1. The molecule has 2 fully saturated rings. The molecule has 2 aromatic rings. The number of carbonyl (C=O) groups excluding carboxylic acids is 2. The van der Waals surface area contributed by atoms with Crippen LogP contribution in [-0.2, 0) is 23.8 Å². The highest BCUT2D eigenvalue weighted by molar-refractivity contribution is 5.87. The van der Waals surface area contributed by atoms with Gasteiger partial charge in [0.15, 0.2) is 12.2 Å². The van der Waals surface area contributed by atoms with E-state index in [4.69, 9.17) is 14.2 Å². The van der Waals surface area contributed by atoms with Crippen molar-refractivity contribution in [3.8, 4) is 0 Å². The number of rotatable bonds is 6. The third-order valence-corrected chi connectivity index (χ3v) is 5.19. The summed E-state index contributed by atoms with van der Waals surface area (Å²) >= 11 is 0. The molecule has 5 atom stereocenters. The molecule has 160 valence electrons. The van der Waals surface area contributed by atoms with Crippen molar-refractivity contribution < 1.29 is 33.8 Å². The van der Waals surface area contributed by atoms with Crippen LogP contribution in [0, 0.1) is 10.1 Å². The molecule has 0 radical (unpaired) electrons. The number of hydrogen-bond donors (Lipinski definition) is 1. The summed E-state index contributed by atoms with van der Waals surface area (Å²) in [5.41, 5.74) is 1.15. The van der Waals surface area contributed by atoms with E-state index < -0.39 is 47.4 Å². The summed E-state index contributed by atoms with van der Waals surface area (Å²) < 4.78 is 16.6. The Morgan fingerprint density at radius 1 is 1.19 bits per heavy atom. The first kappa shape index (κ1) is 20.7. The zero-order chi connectivity index (χ0) is 22.0. The van der Waals surface area contributed by atoms with Gasteiger partial charge in [-0.2, -0.15) is 0 Å². The van der Waals surface area contributed by atoms with E-state index in [1.165, 1.54) is 36.4 Å². The molecule has 0 bridgehead atoms. The molecule has 2 aliphatic heterocycles. The SMILES string of the molecule is O=C(/C=C/c1ccc([N+](=O)[O-])cc1)O[C@H](c1ccccc1)[C@H]1O[C@@H]2CC(=O)O[C@@H]2[C@H]1O. The van der Waals surface area contributed by atoms with Gasteiger partial charge in [-0.05, 0) is 29.3 Å². The van der Waals surface area contributed by atoms with Crippen molar-refractivity contribution in [1.82, 2.24) is 0 Å². The Balaban J connectivity index is 1.49. The molecular formula is C22H19NO8. The van der Waals surface area contributed by atoms with Crippen molar-refractivity contribution in [2.45, 2.75) is 36.9 Å². The number of nitro groups is 1. The molecule has 9 heteroatoms. The van der Waals surface area contributed by atoms with Crippen LogP contribution in [0.1, 0.15) is 23.7 Å². The van der Waals surface area contributed by atoms with E-state index in [0.717, 1.165) is 0 Å². The van der Waals surface area contributed by atoms with Gasteiger partial charge in [0, 0.05) is 18.2 Å². The Kier molecular flexibility index (Phi) is 5.79. The van der Waals surface area contributed by atoms with E-state index in [1.54, 1.807) is 30.3 Å². The van der Waals surface area contributed by atoms with Crippen LogP contribution in [-0.4, -0.2) is 46.4 Å². The van der Waals surface area contributed by atoms with Crippen LogP contribution >= 0.6 is 0 Å². The first-order chi connectivity index (χ1) is 14.9. The van der Waals surface area contributed by atoms with E-state index in [2.05, 4.69) is 0 Å². The van der Waals surface area contributed by atoms with Crippen LogP contribution < -0.4 is 0 Å². The first-order valence-electron chi connectivity index (χ1n) is 9.63. The molecule has 0 unspecified atom stereocenters. The number of hydrogen-bond acceptors (Lipinski definition) is 8. The zero-order valence-electron chi connectivity index (χ0n) is 16.2. The number of non-ortho nitro benzene ring substituents is 1. The lowest BCUT2D eigenvalue weighted by atomic mass is 9.98. The largest absolute Gasteiger partial charge is 0.457 e. The second-order valence-corrected chi connectivity index (χ2v) is 7.24. The van der Waals surface area contributed by atoms with Gasteiger partial charge in [0.2, 0.25) is 0 Å². The Hall–Kier alpha value is -3.56. The van der Waals surface area contributed by atoms with Crippen molar-refractivity contribution in [1.29, 1.82) is 0 Å². The number of esters is 2. The van der Waals surface area contributed by atoms with Crippen LogP contribution in [0.25, 0.3) is 6.08 Å². The highest BCUT2D eigenvalue weighted by Crippen LogP contribution is 2.38. The fraction of sp³-hybridized carbons (Fsp3) is 0.273. The van der Waals surface area contributed by atoms with Gasteiger partial charge in [0.1, 0.15) is 18.3 Å². The zero-order valence-corrected chi connectivity index (χ0v) is 16.2. The fourth-order valence-corrected chi connectivity index (χ4v) is 3.69. The molecule has 2 aliphatic rings. The van der Waals surface area contributed by atoms with Gasteiger partial charge >= 0.3 is 11.9 Å². The smallest absolute Gasteiger partial charge is 0.331 e. The quantitative estimate of drug-likeness (QED) is 0.324. The van der Waals surface area contributed by atoms with Crippen LogP contribution in [0.15, 0.2) is 60.7 Å². The number of fused-ring (bicyclic) bond motifs is 1. The number of nitrogens with zero attached hydrogens (tertiary/aromatic N) is 1. The number of aliphatic hydroxyl groups excluding tert-OH is 1. The average Bonchev–Trinajstić information content (AvgIpc) is 3.28. The van der Waals surface area contributed by atoms with Crippen molar-refractivity contribution in [2.75, 3.05) is 0 Å². The predicted molar refractivity (Wildman–Crippen MR) is 107 cm³/mol. The summed E-state index contributed by atoms with van der Waals surface area (Å²) in [7, 11) is 0. The lowest BCUT2D eigenvalue weighted by Crippen LogP contribution is -2.37. The number of carbonyl (C=O) groups is 2. The molecule has 4 rings (SSSR count). The third-order valence-electron chi connectivity index (χ3n) is 5.19. The van der Waals surface area contributed by atoms with Crippen LogP contribution in [0.5, 0.6) is 0 Å². The normalized spacial score (nSPS) is 25.8. The second-order valence-electron chi connectivity index (χ2n) is 7.24. The van der Waals surface area contributed by atoms with Gasteiger partial charge in [-0.15, -0.1) is 0 Å². The predicted octanol–water partition coefficient (Wildman–Crippen LogP) is 2.34. The highest BCUT2D eigenvalue weighted by Gasteiger charge is 2.54. The Bertz CT molecular complexity index is 1000. The number of aliphatic hydroxyl groups is 1. The third kappa shape index (κ3) is 4.47. The number of ether oxygens (including phenoxy) is 3. The maximum atomic E-state index is 12.5. The minimum Gasteiger partial charge on any atom is -0.457 e. The summed E-state index contributed by atoms with van der Waals surface area (Å²) in [5.74, 6) is -1.12.